The Kier molecular flexibility index (Phi) is 9.14. The summed E-state index contributed by atoms with van der Waals surface area (Å²) in [5.74, 6) is 0.671. The van der Waals surface area contributed by atoms with Gasteiger partial charge in [-0.15, -0.1) is 5.10 Å². The summed E-state index contributed by atoms with van der Waals surface area (Å²) in [6.45, 7) is 4.43. The van der Waals surface area contributed by atoms with Crippen molar-refractivity contribution < 1.29 is 24.5 Å². The van der Waals surface area contributed by atoms with Gasteiger partial charge in [-0.2, -0.15) is 4.68 Å². The van der Waals surface area contributed by atoms with Crippen molar-refractivity contribution in [2.24, 2.45) is 5.92 Å². The summed E-state index contributed by atoms with van der Waals surface area (Å²) in [5, 5.41) is 37.5. The summed E-state index contributed by atoms with van der Waals surface area (Å²) >= 11 is 1.47. The number of rotatable bonds is 9. The molecular formula is C29H32N6O5S. The lowest BCUT2D eigenvalue weighted by Gasteiger charge is -2.41. The van der Waals surface area contributed by atoms with Crippen molar-refractivity contribution >= 4 is 23.5 Å². The molecule has 1 aliphatic rings. The molecule has 0 radical (unpaired) electrons. The van der Waals surface area contributed by atoms with Gasteiger partial charge in [-0.25, -0.2) is 4.79 Å². The van der Waals surface area contributed by atoms with E-state index in [4.69, 9.17) is 9.47 Å². The molecule has 12 heteroatoms. The van der Waals surface area contributed by atoms with Gasteiger partial charge in [0.05, 0.1) is 24.5 Å². The highest BCUT2D eigenvalue weighted by molar-refractivity contribution is 7.99. The zero-order valence-electron chi connectivity index (χ0n) is 22.7. The van der Waals surface area contributed by atoms with Crippen LogP contribution in [0.4, 0.5) is 10.5 Å². The Hall–Kier alpha value is -3.97. The molecule has 0 saturated carbocycles. The molecule has 4 aromatic rings. The first kappa shape index (κ1) is 28.6. The average Bonchev–Trinajstić information content (AvgIpc) is 3.46. The molecule has 5 rings (SSSR count). The average molecular weight is 577 g/mol. The van der Waals surface area contributed by atoms with Crippen LogP contribution in [-0.4, -0.2) is 54.9 Å². The lowest BCUT2D eigenvalue weighted by molar-refractivity contribution is -0.268. The lowest BCUT2D eigenvalue weighted by atomic mass is 9.91. The normalized spacial score (nSPS) is 20.5. The molecule has 2 heterocycles. The smallest absolute Gasteiger partial charge is 0.319 e. The first-order valence-electron chi connectivity index (χ1n) is 13.3. The number of phenols is 1. The highest BCUT2D eigenvalue weighted by atomic mass is 32.2. The molecule has 1 aromatic heterocycles. The second-order valence-electron chi connectivity index (χ2n) is 9.63. The third-order valence-electron chi connectivity index (χ3n) is 6.79. The van der Waals surface area contributed by atoms with E-state index in [-0.39, 0.29) is 36.5 Å². The maximum atomic E-state index is 12.1. The minimum Gasteiger partial charge on any atom is -0.508 e. The van der Waals surface area contributed by atoms with Crippen molar-refractivity contribution in [2.75, 3.05) is 17.6 Å². The fourth-order valence-electron chi connectivity index (χ4n) is 4.59. The highest BCUT2D eigenvalue weighted by Gasteiger charge is 2.38. The number of anilines is 1. The van der Waals surface area contributed by atoms with Crippen LogP contribution in [0.25, 0.3) is 5.69 Å². The van der Waals surface area contributed by atoms with Crippen LogP contribution in [0.2, 0.25) is 0 Å². The van der Waals surface area contributed by atoms with Crippen molar-refractivity contribution in [3.8, 4) is 11.4 Å². The number of carbonyl (C=O) groups excluding carboxylic acids is 1. The monoisotopic (exact) mass is 576 g/mol. The predicted octanol–water partition coefficient (Wildman–Crippen LogP) is 4.59. The second-order valence-corrected chi connectivity index (χ2v) is 10.6. The van der Waals surface area contributed by atoms with Gasteiger partial charge in [-0.05, 0) is 64.9 Å². The van der Waals surface area contributed by atoms with Gasteiger partial charge >= 0.3 is 6.03 Å². The van der Waals surface area contributed by atoms with Gasteiger partial charge < -0.3 is 30.3 Å². The maximum absolute atomic E-state index is 12.1. The maximum Gasteiger partial charge on any atom is 0.319 e. The molecule has 2 amide bonds. The van der Waals surface area contributed by atoms with E-state index in [1.165, 1.54) is 11.8 Å². The SMILES string of the molecule is CCNC(=O)Nc1cccc([C@@H]2O[C@H](CSc3nnnn3-c3ccc(O)cc3)[C@H](C)[C@H](c3ccc(CO)cc3)O2)c1. The summed E-state index contributed by atoms with van der Waals surface area (Å²) in [6, 6.07) is 21.5. The van der Waals surface area contributed by atoms with Crippen molar-refractivity contribution in [3.63, 3.8) is 0 Å². The largest absolute Gasteiger partial charge is 0.508 e. The van der Waals surface area contributed by atoms with E-state index in [1.807, 2.05) is 55.5 Å². The number of amides is 2. The molecule has 214 valence electrons. The number of aliphatic hydroxyl groups excluding tert-OH is 1. The Bertz CT molecular complexity index is 1450. The van der Waals surface area contributed by atoms with Crippen molar-refractivity contribution in [1.82, 2.24) is 25.5 Å². The minimum absolute atomic E-state index is 0.0339. The van der Waals surface area contributed by atoms with Crippen LogP contribution in [0.1, 0.15) is 42.9 Å². The molecule has 4 atom stereocenters. The summed E-state index contributed by atoms with van der Waals surface area (Å²) in [6.07, 6.45) is -1.23. The third kappa shape index (κ3) is 6.85. The molecule has 1 fully saturated rings. The number of aromatic hydroxyl groups is 1. The molecule has 3 aromatic carbocycles. The zero-order valence-corrected chi connectivity index (χ0v) is 23.5. The topological polar surface area (TPSA) is 144 Å². The number of hydrogen-bond donors (Lipinski definition) is 4. The molecule has 0 bridgehead atoms. The molecule has 1 saturated heterocycles. The van der Waals surface area contributed by atoms with Crippen molar-refractivity contribution in [2.45, 2.75) is 44.1 Å². The number of aromatic nitrogens is 4. The quantitative estimate of drug-likeness (QED) is 0.210. The number of hydrogen-bond acceptors (Lipinski definition) is 9. The van der Waals surface area contributed by atoms with Crippen LogP contribution < -0.4 is 10.6 Å². The predicted molar refractivity (Wildman–Crippen MR) is 154 cm³/mol. The number of benzene rings is 3. The third-order valence-corrected chi connectivity index (χ3v) is 7.80. The molecule has 0 unspecified atom stereocenters. The number of phenolic OH excluding ortho intramolecular Hbond substituents is 1. The zero-order chi connectivity index (χ0) is 28.8. The summed E-state index contributed by atoms with van der Waals surface area (Å²) in [4.78, 5) is 12.1. The number of nitrogens with one attached hydrogen (secondary N) is 2. The van der Waals surface area contributed by atoms with Crippen LogP contribution in [0.15, 0.2) is 78.0 Å². The van der Waals surface area contributed by atoms with Crippen molar-refractivity contribution in [3.05, 3.63) is 89.5 Å². The number of urea groups is 1. The number of nitrogens with zero attached hydrogens (tertiary/aromatic N) is 4. The number of ether oxygens (including phenoxy) is 2. The van der Waals surface area contributed by atoms with Crippen LogP contribution >= 0.6 is 11.8 Å². The summed E-state index contributed by atoms with van der Waals surface area (Å²) < 4.78 is 14.7. The van der Waals surface area contributed by atoms with Crippen LogP contribution in [0.5, 0.6) is 5.75 Å². The van der Waals surface area contributed by atoms with E-state index in [2.05, 4.69) is 33.1 Å². The molecule has 11 nitrogen and oxygen atoms in total. The summed E-state index contributed by atoms with van der Waals surface area (Å²) in [5.41, 5.74) is 3.92. The van der Waals surface area contributed by atoms with Gasteiger partial charge in [0.2, 0.25) is 5.16 Å². The standard InChI is InChI=1S/C29H32N6O5S/c1-3-30-28(38)31-22-6-4-5-21(15-22)27-39-25(18(2)26(40-27)20-9-7-19(16-36)8-10-20)17-41-29-32-33-34-35(29)23-11-13-24(37)14-12-23/h4-15,18,25-27,36-37H,3,16-17H2,1-2H3,(H2,30,31,38)/t18-,25+,26+,27+/m0/s1. The number of thioether (sulfide) groups is 1. The van der Waals surface area contributed by atoms with Crippen LogP contribution in [0, 0.1) is 5.92 Å². The molecule has 0 spiro atoms. The van der Waals surface area contributed by atoms with Crippen molar-refractivity contribution in [1.29, 1.82) is 0 Å². The Morgan fingerprint density at radius 3 is 2.56 bits per heavy atom. The molecule has 1 aliphatic heterocycles. The fourth-order valence-corrected chi connectivity index (χ4v) is 5.64. The second kappa shape index (κ2) is 13.1. The first-order chi connectivity index (χ1) is 19.9. The van der Waals surface area contributed by atoms with Gasteiger partial charge in [0.25, 0.3) is 0 Å². The molecular weight excluding hydrogens is 544 g/mol. The van der Waals surface area contributed by atoms with E-state index >= 15 is 0 Å². The molecule has 0 aliphatic carbocycles. The van der Waals surface area contributed by atoms with Crippen LogP contribution in [-0.2, 0) is 16.1 Å². The number of aliphatic hydroxyl groups is 1. The number of tetrazole rings is 1. The Morgan fingerprint density at radius 2 is 1.83 bits per heavy atom. The molecule has 41 heavy (non-hydrogen) atoms. The fraction of sp³-hybridized carbons (Fsp3) is 0.310. The van der Waals surface area contributed by atoms with Gasteiger partial charge in [0, 0.05) is 29.5 Å². The number of carbonyl (C=O) groups is 1. The van der Waals surface area contributed by atoms with E-state index in [0.29, 0.717) is 23.1 Å². The summed E-state index contributed by atoms with van der Waals surface area (Å²) in [7, 11) is 0. The van der Waals surface area contributed by atoms with Gasteiger partial charge in [-0.3, -0.25) is 0 Å². The van der Waals surface area contributed by atoms with Crippen LogP contribution in [0.3, 0.4) is 0 Å². The van der Waals surface area contributed by atoms with E-state index in [9.17, 15) is 15.0 Å². The lowest BCUT2D eigenvalue weighted by Crippen LogP contribution is -2.38. The van der Waals surface area contributed by atoms with E-state index in [1.54, 1.807) is 28.9 Å². The molecule has 4 N–H and O–H groups in total. The Labute approximate surface area is 241 Å². The Morgan fingerprint density at radius 1 is 1.05 bits per heavy atom. The first-order valence-corrected chi connectivity index (χ1v) is 14.3. The van der Waals surface area contributed by atoms with Gasteiger partial charge in [-0.1, -0.05) is 55.1 Å². The van der Waals surface area contributed by atoms with E-state index < -0.39 is 6.29 Å². The van der Waals surface area contributed by atoms with Gasteiger partial charge in [0.15, 0.2) is 6.29 Å². The van der Waals surface area contributed by atoms with Gasteiger partial charge in [0.1, 0.15) is 5.75 Å². The van der Waals surface area contributed by atoms with E-state index in [0.717, 1.165) is 22.4 Å². The minimum atomic E-state index is -0.691. The Balaban J connectivity index is 1.39. The highest BCUT2D eigenvalue weighted by Crippen LogP contribution is 2.43.